The Bertz CT molecular complexity index is 866. The Balaban J connectivity index is 1.28. The fraction of sp³-hybridized carbons (Fsp3) is 0.381. The van der Waals surface area contributed by atoms with Gasteiger partial charge in [0, 0.05) is 48.7 Å². The maximum absolute atomic E-state index is 12.2. The van der Waals surface area contributed by atoms with Crippen LogP contribution < -0.4 is 5.32 Å². The van der Waals surface area contributed by atoms with Gasteiger partial charge in [0.15, 0.2) is 0 Å². The highest BCUT2D eigenvalue weighted by atomic mass is 16.1. The van der Waals surface area contributed by atoms with E-state index in [4.69, 9.17) is 0 Å². The molecule has 0 bridgehead atoms. The molecule has 1 saturated carbocycles. The van der Waals surface area contributed by atoms with E-state index >= 15 is 0 Å². The van der Waals surface area contributed by atoms with Crippen molar-refractivity contribution in [3.05, 3.63) is 60.7 Å². The average molecular weight is 348 g/mol. The van der Waals surface area contributed by atoms with Crippen LogP contribution in [0.4, 0.5) is 0 Å². The lowest BCUT2D eigenvalue weighted by Gasteiger charge is -2.30. The van der Waals surface area contributed by atoms with Crippen LogP contribution in [-0.2, 0) is 11.2 Å². The molecule has 5 heteroatoms. The number of nitrogens with zero attached hydrogens (tertiary/aromatic N) is 3. The second kappa shape index (κ2) is 7.68. The highest BCUT2D eigenvalue weighted by Gasteiger charge is 2.24. The summed E-state index contributed by atoms with van der Waals surface area (Å²) >= 11 is 0. The van der Waals surface area contributed by atoms with Gasteiger partial charge in [0.05, 0.1) is 0 Å². The van der Waals surface area contributed by atoms with E-state index in [1.807, 2.05) is 24.4 Å². The molecule has 0 radical (unpaired) electrons. The maximum Gasteiger partial charge on any atom is 0.220 e. The second-order valence-electron chi connectivity index (χ2n) is 7.07. The van der Waals surface area contributed by atoms with Gasteiger partial charge in [-0.25, -0.2) is 4.98 Å². The van der Waals surface area contributed by atoms with Crippen LogP contribution in [0.1, 0.15) is 43.7 Å². The Morgan fingerprint density at radius 3 is 2.69 bits per heavy atom. The van der Waals surface area contributed by atoms with E-state index in [0.717, 1.165) is 43.3 Å². The first kappa shape index (κ1) is 16.8. The van der Waals surface area contributed by atoms with Crippen LogP contribution in [0.25, 0.3) is 11.0 Å². The zero-order valence-electron chi connectivity index (χ0n) is 14.8. The van der Waals surface area contributed by atoms with Gasteiger partial charge in [-0.05, 0) is 68.0 Å². The molecule has 1 fully saturated rings. The van der Waals surface area contributed by atoms with Gasteiger partial charge in [-0.2, -0.15) is 0 Å². The number of aromatic nitrogens is 3. The molecule has 1 aliphatic rings. The fourth-order valence-corrected chi connectivity index (χ4v) is 3.89. The zero-order chi connectivity index (χ0) is 17.8. The van der Waals surface area contributed by atoms with E-state index in [2.05, 4.69) is 38.2 Å². The number of fused-ring (bicyclic) bond motifs is 1. The molecule has 1 aliphatic carbocycles. The Labute approximate surface area is 153 Å². The highest BCUT2D eigenvalue weighted by Crippen LogP contribution is 2.31. The van der Waals surface area contributed by atoms with Crippen LogP contribution in [0.5, 0.6) is 0 Å². The topological polar surface area (TPSA) is 59.8 Å². The van der Waals surface area contributed by atoms with Crippen LogP contribution in [0.15, 0.2) is 55.1 Å². The van der Waals surface area contributed by atoms with Crippen LogP contribution in [0.2, 0.25) is 0 Å². The Hall–Kier alpha value is -2.69. The third-order valence-corrected chi connectivity index (χ3v) is 5.32. The molecule has 0 spiro atoms. The lowest BCUT2D eigenvalue weighted by molar-refractivity contribution is -0.122. The normalized spacial score (nSPS) is 20.2. The van der Waals surface area contributed by atoms with Crippen molar-refractivity contribution in [3.63, 3.8) is 0 Å². The monoisotopic (exact) mass is 348 g/mol. The summed E-state index contributed by atoms with van der Waals surface area (Å²) in [5, 5.41) is 4.41. The Morgan fingerprint density at radius 1 is 1.08 bits per heavy atom. The lowest BCUT2D eigenvalue weighted by atomic mass is 9.91. The molecule has 0 saturated heterocycles. The average Bonchev–Trinajstić information content (AvgIpc) is 3.12. The third kappa shape index (κ3) is 3.77. The van der Waals surface area contributed by atoms with Crippen molar-refractivity contribution in [3.8, 4) is 0 Å². The minimum absolute atomic E-state index is 0.151. The van der Waals surface area contributed by atoms with Crippen molar-refractivity contribution in [2.75, 3.05) is 0 Å². The van der Waals surface area contributed by atoms with Gasteiger partial charge in [-0.3, -0.25) is 9.78 Å². The summed E-state index contributed by atoms with van der Waals surface area (Å²) in [6, 6.07) is 10.9. The number of hydrogen-bond donors (Lipinski definition) is 1. The van der Waals surface area contributed by atoms with E-state index in [1.165, 1.54) is 5.39 Å². The molecule has 0 unspecified atom stereocenters. The standard InChI is InChI=1S/C21H24N4O/c26-20(8-3-16-9-13-22-14-10-16)24-18-4-6-19(7-5-18)25-15-11-17-2-1-12-23-21(17)25/h1-2,9-15,18-19H,3-8H2,(H,24,26). The summed E-state index contributed by atoms with van der Waals surface area (Å²) < 4.78 is 2.30. The molecule has 26 heavy (non-hydrogen) atoms. The van der Waals surface area contributed by atoms with E-state index in [0.29, 0.717) is 18.5 Å². The first-order chi connectivity index (χ1) is 12.8. The van der Waals surface area contributed by atoms with E-state index in [9.17, 15) is 4.79 Å². The zero-order valence-corrected chi connectivity index (χ0v) is 14.8. The number of hydrogen-bond acceptors (Lipinski definition) is 3. The summed E-state index contributed by atoms with van der Waals surface area (Å²) in [4.78, 5) is 20.8. The molecule has 1 N–H and O–H groups in total. The minimum Gasteiger partial charge on any atom is -0.353 e. The predicted molar refractivity (Wildman–Crippen MR) is 102 cm³/mol. The SMILES string of the molecule is O=C(CCc1ccncc1)NC1CCC(n2ccc3cccnc32)CC1. The maximum atomic E-state index is 12.2. The predicted octanol–water partition coefficient (Wildman–Crippen LogP) is 3.66. The number of aryl methyl sites for hydroxylation is 1. The van der Waals surface area contributed by atoms with E-state index in [-0.39, 0.29) is 5.91 Å². The van der Waals surface area contributed by atoms with Gasteiger partial charge in [0.2, 0.25) is 5.91 Å². The molecule has 3 aromatic heterocycles. The Kier molecular flexibility index (Phi) is 4.95. The van der Waals surface area contributed by atoms with Gasteiger partial charge in [-0.15, -0.1) is 0 Å². The first-order valence-corrected chi connectivity index (χ1v) is 9.39. The van der Waals surface area contributed by atoms with Crippen LogP contribution >= 0.6 is 0 Å². The second-order valence-corrected chi connectivity index (χ2v) is 7.07. The van der Waals surface area contributed by atoms with E-state index < -0.39 is 0 Å². The van der Waals surface area contributed by atoms with Gasteiger partial charge < -0.3 is 9.88 Å². The molecule has 1 amide bonds. The van der Waals surface area contributed by atoms with Crippen molar-refractivity contribution < 1.29 is 4.79 Å². The molecule has 0 atom stereocenters. The third-order valence-electron chi connectivity index (χ3n) is 5.32. The molecule has 3 heterocycles. The summed E-state index contributed by atoms with van der Waals surface area (Å²) in [5.74, 6) is 0.151. The number of rotatable bonds is 5. The van der Waals surface area contributed by atoms with Crippen LogP contribution in [0, 0.1) is 0 Å². The van der Waals surface area contributed by atoms with Gasteiger partial charge in [0.25, 0.3) is 0 Å². The summed E-state index contributed by atoms with van der Waals surface area (Å²) in [6.45, 7) is 0. The van der Waals surface area contributed by atoms with Gasteiger partial charge in [-0.1, -0.05) is 0 Å². The van der Waals surface area contributed by atoms with Crippen molar-refractivity contribution in [2.45, 2.75) is 50.6 Å². The molecule has 3 aromatic rings. The van der Waals surface area contributed by atoms with Crippen molar-refractivity contribution in [1.29, 1.82) is 0 Å². The van der Waals surface area contributed by atoms with Gasteiger partial charge in [0.1, 0.15) is 5.65 Å². The largest absolute Gasteiger partial charge is 0.353 e. The fourth-order valence-electron chi connectivity index (χ4n) is 3.89. The van der Waals surface area contributed by atoms with Crippen LogP contribution in [-0.4, -0.2) is 26.5 Å². The number of nitrogens with one attached hydrogen (secondary N) is 1. The van der Waals surface area contributed by atoms with Crippen LogP contribution in [0.3, 0.4) is 0 Å². The molecule has 0 aromatic carbocycles. The quantitative estimate of drug-likeness (QED) is 0.765. The molecular formula is C21H24N4O. The molecule has 0 aliphatic heterocycles. The number of carbonyl (C=O) groups excluding carboxylic acids is 1. The molecule has 134 valence electrons. The summed E-state index contributed by atoms with van der Waals surface area (Å²) in [6.07, 6.45) is 13.1. The smallest absolute Gasteiger partial charge is 0.220 e. The lowest BCUT2D eigenvalue weighted by Crippen LogP contribution is -2.38. The van der Waals surface area contributed by atoms with Crippen molar-refractivity contribution >= 4 is 16.9 Å². The first-order valence-electron chi connectivity index (χ1n) is 9.39. The van der Waals surface area contributed by atoms with Crippen molar-refractivity contribution in [2.24, 2.45) is 0 Å². The summed E-state index contributed by atoms with van der Waals surface area (Å²) in [7, 11) is 0. The molecule has 5 nitrogen and oxygen atoms in total. The van der Waals surface area contributed by atoms with E-state index in [1.54, 1.807) is 12.4 Å². The highest BCUT2D eigenvalue weighted by molar-refractivity contribution is 5.77. The number of carbonyl (C=O) groups is 1. The van der Waals surface area contributed by atoms with Gasteiger partial charge >= 0.3 is 0 Å². The number of pyridine rings is 2. The van der Waals surface area contributed by atoms with Crippen molar-refractivity contribution in [1.82, 2.24) is 19.9 Å². The summed E-state index contributed by atoms with van der Waals surface area (Å²) in [5.41, 5.74) is 2.23. The molecular weight excluding hydrogens is 324 g/mol. The minimum atomic E-state index is 0.151. The Morgan fingerprint density at radius 2 is 1.88 bits per heavy atom. The number of amides is 1. The molecule has 4 rings (SSSR count).